The largest absolute Gasteiger partial charge is 0.468 e. The average molecular weight is 269 g/mol. The first-order chi connectivity index (χ1) is 9.70. The number of benzene rings is 2. The highest BCUT2D eigenvalue weighted by atomic mass is 16.5. The summed E-state index contributed by atoms with van der Waals surface area (Å²) in [5.74, 6) is -0.272. The van der Waals surface area contributed by atoms with Crippen LogP contribution in [0.25, 0.3) is 0 Å². The number of aryl methyl sites for hydroxylation is 1. The summed E-state index contributed by atoms with van der Waals surface area (Å²) in [4.78, 5) is 12.0. The van der Waals surface area contributed by atoms with Gasteiger partial charge in [-0.1, -0.05) is 60.2 Å². The van der Waals surface area contributed by atoms with Crippen LogP contribution in [-0.2, 0) is 16.1 Å². The van der Waals surface area contributed by atoms with Crippen molar-refractivity contribution in [3.8, 4) is 0 Å². The SMILES string of the molecule is COC(=O)C(NCc1ccccc1)c1cccc(C)c1. The fraction of sp³-hybridized carbons (Fsp3) is 0.235. The second kappa shape index (κ2) is 6.87. The van der Waals surface area contributed by atoms with Gasteiger partial charge in [-0.15, -0.1) is 0 Å². The fourth-order valence-corrected chi connectivity index (χ4v) is 2.12. The third-order valence-corrected chi connectivity index (χ3v) is 3.17. The molecule has 3 nitrogen and oxygen atoms in total. The molecule has 0 heterocycles. The highest BCUT2D eigenvalue weighted by molar-refractivity contribution is 5.77. The van der Waals surface area contributed by atoms with E-state index in [0.717, 1.165) is 16.7 Å². The molecule has 0 saturated heterocycles. The molecule has 2 aromatic carbocycles. The number of esters is 1. The van der Waals surface area contributed by atoms with Crippen LogP contribution < -0.4 is 5.32 Å². The van der Waals surface area contributed by atoms with E-state index in [4.69, 9.17) is 4.74 Å². The number of hydrogen-bond donors (Lipinski definition) is 1. The minimum absolute atomic E-state index is 0.272. The van der Waals surface area contributed by atoms with Crippen LogP contribution in [0.2, 0.25) is 0 Å². The Morgan fingerprint density at radius 3 is 2.55 bits per heavy atom. The van der Waals surface area contributed by atoms with Gasteiger partial charge in [0.1, 0.15) is 6.04 Å². The maximum absolute atomic E-state index is 12.0. The number of carbonyl (C=O) groups is 1. The van der Waals surface area contributed by atoms with Crippen molar-refractivity contribution < 1.29 is 9.53 Å². The average Bonchev–Trinajstić information content (AvgIpc) is 2.48. The summed E-state index contributed by atoms with van der Waals surface area (Å²) in [5, 5.41) is 3.26. The van der Waals surface area contributed by atoms with Crippen molar-refractivity contribution in [1.82, 2.24) is 5.32 Å². The normalized spacial score (nSPS) is 11.9. The van der Waals surface area contributed by atoms with Crippen molar-refractivity contribution in [3.63, 3.8) is 0 Å². The van der Waals surface area contributed by atoms with Gasteiger partial charge in [0.25, 0.3) is 0 Å². The third kappa shape index (κ3) is 3.68. The molecular formula is C17H19NO2. The van der Waals surface area contributed by atoms with Crippen molar-refractivity contribution in [2.24, 2.45) is 0 Å². The minimum Gasteiger partial charge on any atom is -0.468 e. The maximum atomic E-state index is 12.0. The molecule has 0 aliphatic heterocycles. The Kier molecular flexibility index (Phi) is 4.91. The molecule has 0 bridgehead atoms. The molecule has 0 saturated carbocycles. The van der Waals surface area contributed by atoms with Crippen LogP contribution in [-0.4, -0.2) is 13.1 Å². The van der Waals surface area contributed by atoms with E-state index < -0.39 is 6.04 Å². The van der Waals surface area contributed by atoms with Crippen LogP contribution in [0.15, 0.2) is 54.6 Å². The molecule has 0 spiro atoms. The van der Waals surface area contributed by atoms with Gasteiger partial charge in [0.15, 0.2) is 0 Å². The van der Waals surface area contributed by atoms with Gasteiger partial charge in [-0.25, -0.2) is 4.79 Å². The predicted octanol–water partition coefficient (Wildman–Crippen LogP) is 3.00. The Morgan fingerprint density at radius 2 is 1.90 bits per heavy atom. The second-order valence-electron chi connectivity index (χ2n) is 4.74. The standard InChI is InChI=1S/C17H19NO2/c1-13-7-6-10-15(11-13)16(17(19)20-2)18-12-14-8-4-3-5-9-14/h3-11,16,18H,12H2,1-2H3. The molecule has 1 N–H and O–H groups in total. The van der Waals surface area contributed by atoms with Gasteiger partial charge >= 0.3 is 5.97 Å². The topological polar surface area (TPSA) is 38.3 Å². The number of rotatable bonds is 5. The molecule has 104 valence electrons. The van der Waals surface area contributed by atoms with Gasteiger partial charge in [0, 0.05) is 6.54 Å². The minimum atomic E-state index is -0.444. The number of hydrogen-bond acceptors (Lipinski definition) is 3. The molecule has 20 heavy (non-hydrogen) atoms. The molecular weight excluding hydrogens is 250 g/mol. The second-order valence-corrected chi connectivity index (χ2v) is 4.74. The molecule has 0 fully saturated rings. The zero-order chi connectivity index (χ0) is 14.4. The van der Waals surface area contributed by atoms with Gasteiger partial charge in [-0.3, -0.25) is 5.32 Å². The van der Waals surface area contributed by atoms with Gasteiger partial charge in [0.2, 0.25) is 0 Å². The fourth-order valence-electron chi connectivity index (χ4n) is 2.12. The molecule has 0 aromatic heterocycles. The summed E-state index contributed by atoms with van der Waals surface area (Å²) in [6, 6.07) is 17.4. The highest BCUT2D eigenvalue weighted by Crippen LogP contribution is 2.17. The van der Waals surface area contributed by atoms with E-state index in [0.29, 0.717) is 6.54 Å². The molecule has 2 aromatic rings. The molecule has 0 radical (unpaired) electrons. The molecule has 2 rings (SSSR count). The van der Waals surface area contributed by atoms with Crippen LogP contribution >= 0.6 is 0 Å². The van der Waals surface area contributed by atoms with E-state index in [2.05, 4.69) is 5.32 Å². The van der Waals surface area contributed by atoms with Crippen molar-refractivity contribution in [2.45, 2.75) is 19.5 Å². The lowest BCUT2D eigenvalue weighted by molar-refractivity contribution is -0.143. The summed E-state index contributed by atoms with van der Waals surface area (Å²) < 4.78 is 4.89. The van der Waals surface area contributed by atoms with E-state index in [-0.39, 0.29) is 5.97 Å². The smallest absolute Gasteiger partial charge is 0.327 e. The summed E-state index contributed by atoms with van der Waals surface area (Å²) in [6.45, 7) is 2.63. The van der Waals surface area contributed by atoms with Crippen molar-refractivity contribution in [2.75, 3.05) is 7.11 Å². The Morgan fingerprint density at radius 1 is 1.15 bits per heavy atom. The third-order valence-electron chi connectivity index (χ3n) is 3.17. The number of carbonyl (C=O) groups excluding carboxylic acids is 1. The summed E-state index contributed by atoms with van der Waals surface area (Å²) in [6.07, 6.45) is 0. The van der Waals surface area contributed by atoms with Crippen molar-refractivity contribution in [1.29, 1.82) is 0 Å². The zero-order valence-corrected chi connectivity index (χ0v) is 11.8. The van der Waals surface area contributed by atoms with Gasteiger partial charge < -0.3 is 4.74 Å². The number of methoxy groups -OCH3 is 1. The first-order valence-corrected chi connectivity index (χ1v) is 6.62. The monoisotopic (exact) mass is 269 g/mol. The maximum Gasteiger partial charge on any atom is 0.327 e. The van der Waals surface area contributed by atoms with E-state index in [9.17, 15) is 4.79 Å². The quantitative estimate of drug-likeness (QED) is 0.848. The van der Waals surface area contributed by atoms with Crippen LogP contribution in [0.4, 0.5) is 0 Å². The molecule has 3 heteroatoms. The zero-order valence-electron chi connectivity index (χ0n) is 11.8. The van der Waals surface area contributed by atoms with E-state index >= 15 is 0 Å². The van der Waals surface area contributed by atoms with Crippen LogP contribution in [0, 0.1) is 6.92 Å². The first kappa shape index (κ1) is 14.3. The van der Waals surface area contributed by atoms with Gasteiger partial charge in [0.05, 0.1) is 7.11 Å². The summed E-state index contributed by atoms with van der Waals surface area (Å²) >= 11 is 0. The van der Waals surface area contributed by atoms with Gasteiger partial charge in [-0.05, 0) is 18.1 Å². The lowest BCUT2D eigenvalue weighted by atomic mass is 10.0. The van der Waals surface area contributed by atoms with Crippen LogP contribution in [0.3, 0.4) is 0 Å². The molecule has 1 atom stereocenters. The first-order valence-electron chi connectivity index (χ1n) is 6.62. The van der Waals surface area contributed by atoms with E-state index in [1.54, 1.807) is 0 Å². The summed E-state index contributed by atoms with van der Waals surface area (Å²) in [7, 11) is 1.41. The lowest BCUT2D eigenvalue weighted by Crippen LogP contribution is -2.29. The van der Waals surface area contributed by atoms with Crippen molar-refractivity contribution >= 4 is 5.97 Å². The van der Waals surface area contributed by atoms with Crippen LogP contribution in [0.5, 0.6) is 0 Å². The molecule has 0 aliphatic carbocycles. The Balaban J connectivity index is 2.14. The molecule has 0 amide bonds. The van der Waals surface area contributed by atoms with Crippen molar-refractivity contribution in [3.05, 3.63) is 71.3 Å². The molecule has 0 aliphatic rings. The number of ether oxygens (including phenoxy) is 1. The lowest BCUT2D eigenvalue weighted by Gasteiger charge is -2.17. The highest BCUT2D eigenvalue weighted by Gasteiger charge is 2.20. The molecule has 1 unspecified atom stereocenters. The van der Waals surface area contributed by atoms with Crippen LogP contribution in [0.1, 0.15) is 22.7 Å². The Bertz CT molecular complexity index is 566. The Labute approximate surface area is 119 Å². The van der Waals surface area contributed by atoms with Gasteiger partial charge in [-0.2, -0.15) is 0 Å². The van der Waals surface area contributed by atoms with E-state index in [1.807, 2.05) is 61.5 Å². The number of nitrogens with one attached hydrogen (secondary N) is 1. The Hall–Kier alpha value is -2.13. The van der Waals surface area contributed by atoms with E-state index in [1.165, 1.54) is 7.11 Å². The summed E-state index contributed by atoms with van der Waals surface area (Å²) in [5.41, 5.74) is 3.18. The predicted molar refractivity (Wildman–Crippen MR) is 79.2 cm³/mol.